The molecule has 0 spiro atoms. The average molecular weight is 292 g/mol. The highest BCUT2D eigenvalue weighted by Gasteiger charge is 2.22. The summed E-state index contributed by atoms with van der Waals surface area (Å²) in [6, 6.07) is 0. The fraction of sp³-hybridized carbons (Fsp3) is 0.692. The van der Waals surface area contributed by atoms with E-state index in [0.717, 1.165) is 9.86 Å². The summed E-state index contributed by atoms with van der Waals surface area (Å²) in [6.07, 6.45) is 9.75. The summed E-state index contributed by atoms with van der Waals surface area (Å²) >= 11 is 9.21. The lowest BCUT2D eigenvalue weighted by Crippen LogP contribution is -1.99. The van der Waals surface area contributed by atoms with Gasteiger partial charge in [0.1, 0.15) is 0 Å². The molecule has 1 rings (SSSR count). The van der Waals surface area contributed by atoms with Crippen molar-refractivity contribution in [1.29, 1.82) is 0 Å². The molecule has 15 heavy (non-hydrogen) atoms. The van der Waals surface area contributed by atoms with Gasteiger partial charge in [0.05, 0.1) is 3.94 Å². The lowest BCUT2D eigenvalue weighted by atomic mass is 9.92. The summed E-state index contributed by atoms with van der Waals surface area (Å²) in [5.74, 6) is 0.824. The predicted molar refractivity (Wildman–Crippen MR) is 72.4 cm³/mol. The van der Waals surface area contributed by atoms with E-state index in [-0.39, 0.29) is 0 Å². The highest BCUT2D eigenvalue weighted by Crippen LogP contribution is 2.39. The molecule has 0 saturated carbocycles. The molecule has 0 bridgehead atoms. The van der Waals surface area contributed by atoms with Crippen molar-refractivity contribution in [2.45, 2.75) is 52.4 Å². The standard InChI is InChI=1S/C13H20BrCl/c1-3-5-10-7-8-11(9-13(14)15)12(10)6-4-2/h9-10H,3-8H2,1-2H3. The topological polar surface area (TPSA) is 0 Å². The summed E-state index contributed by atoms with van der Waals surface area (Å²) in [4.78, 5) is 0. The lowest BCUT2D eigenvalue weighted by molar-refractivity contribution is 0.529. The zero-order valence-corrected chi connectivity index (χ0v) is 12.0. The molecule has 0 nitrogen and oxygen atoms in total. The Kier molecular flexibility index (Phi) is 5.99. The molecule has 1 atom stereocenters. The second kappa shape index (κ2) is 6.75. The van der Waals surface area contributed by atoms with E-state index in [1.165, 1.54) is 44.1 Å². The van der Waals surface area contributed by atoms with Crippen LogP contribution < -0.4 is 0 Å². The number of hydrogen-bond donors (Lipinski definition) is 0. The van der Waals surface area contributed by atoms with Crippen LogP contribution in [0.25, 0.3) is 0 Å². The SMILES string of the molecule is CCCC1=C(C=C(Cl)Br)CCC1CCC. The number of halogens is 2. The van der Waals surface area contributed by atoms with Crippen LogP contribution >= 0.6 is 27.5 Å². The Hall–Kier alpha value is 0.250. The fourth-order valence-corrected chi connectivity index (χ4v) is 2.93. The zero-order chi connectivity index (χ0) is 11.3. The van der Waals surface area contributed by atoms with Crippen molar-refractivity contribution < 1.29 is 0 Å². The van der Waals surface area contributed by atoms with E-state index < -0.39 is 0 Å². The quantitative estimate of drug-likeness (QED) is 0.603. The van der Waals surface area contributed by atoms with Gasteiger partial charge in [-0.1, -0.05) is 43.9 Å². The molecule has 0 saturated heterocycles. The Labute approximate surface area is 107 Å². The van der Waals surface area contributed by atoms with Crippen LogP contribution in [-0.2, 0) is 0 Å². The third kappa shape index (κ3) is 3.96. The van der Waals surface area contributed by atoms with Gasteiger partial charge >= 0.3 is 0 Å². The van der Waals surface area contributed by atoms with Crippen LogP contribution in [0.5, 0.6) is 0 Å². The Morgan fingerprint density at radius 3 is 2.73 bits per heavy atom. The molecule has 0 N–H and O–H groups in total. The van der Waals surface area contributed by atoms with E-state index >= 15 is 0 Å². The van der Waals surface area contributed by atoms with Gasteiger partial charge in [-0.2, -0.15) is 0 Å². The van der Waals surface area contributed by atoms with E-state index in [4.69, 9.17) is 11.6 Å². The molecule has 86 valence electrons. The molecule has 1 aliphatic carbocycles. The first-order valence-electron chi connectivity index (χ1n) is 5.93. The Bertz CT molecular complexity index is 262. The summed E-state index contributed by atoms with van der Waals surface area (Å²) in [6.45, 7) is 4.53. The van der Waals surface area contributed by atoms with Crippen molar-refractivity contribution >= 4 is 27.5 Å². The van der Waals surface area contributed by atoms with Gasteiger partial charge in [0.15, 0.2) is 0 Å². The van der Waals surface area contributed by atoms with Crippen molar-refractivity contribution in [2.75, 3.05) is 0 Å². The van der Waals surface area contributed by atoms with E-state index in [9.17, 15) is 0 Å². The number of allylic oxidation sites excluding steroid dienone is 3. The average Bonchev–Trinajstić information content (AvgIpc) is 2.51. The molecule has 0 amide bonds. The normalized spacial score (nSPS) is 22.7. The molecule has 0 radical (unpaired) electrons. The van der Waals surface area contributed by atoms with Crippen LogP contribution in [0, 0.1) is 5.92 Å². The Morgan fingerprint density at radius 2 is 2.20 bits per heavy atom. The van der Waals surface area contributed by atoms with Gasteiger partial charge in [0.25, 0.3) is 0 Å². The van der Waals surface area contributed by atoms with Gasteiger partial charge in [0, 0.05) is 0 Å². The van der Waals surface area contributed by atoms with E-state index in [0.29, 0.717) is 0 Å². The van der Waals surface area contributed by atoms with Gasteiger partial charge in [0.2, 0.25) is 0 Å². The molecule has 0 aromatic carbocycles. The Morgan fingerprint density at radius 1 is 1.47 bits per heavy atom. The van der Waals surface area contributed by atoms with Crippen molar-refractivity contribution in [3.05, 3.63) is 21.2 Å². The van der Waals surface area contributed by atoms with Crippen LogP contribution in [0.3, 0.4) is 0 Å². The second-order valence-electron chi connectivity index (χ2n) is 4.26. The number of hydrogen-bond acceptors (Lipinski definition) is 0. The van der Waals surface area contributed by atoms with Crippen molar-refractivity contribution in [2.24, 2.45) is 5.92 Å². The minimum atomic E-state index is 0.739. The predicted octanol–water partition coefficient (Wildman–Crippen LogP) is 5.77. The van der Waals surface area contributed by atoms with Crippen molar-refractivity contribution in [1.82, 2.24) is 0 Å². The first kappa shape index (κ1) is 13.3. The summed E-state index contributed by atoms with van der Waals surface area (Å²) < 4.78 is 0.739. The maximum Gasteiger partial charge on any atom is 0.0836 e. The van der Waals surface area contributed by atoms with E-state index in [1.807, 2.05) is 0 Å². The first-order valence-corrected chi connectivity index (χ1v) is 7.10. The third-order valence-electron chi connectivity index (χ3n) is 3.11. The zero-order valence-electron chi connectivity index (χ0n) is 9.65. The van der Waals surface area contributed by atoms with Gasteiger partial charge in [-0.05, 0) is 59.2 Å². The molecule has 0 aromatic rings. The Balaban J connectivity index is 2.81. The van der Waals surface area contributed by atoms with Crippen molar-refractivity contribution in [3.8, 4) is 0 Å². The monoisotopic (exact) mass is 290 g/mol. The maximum absolute atomic E-state index is 5.89. The smallest absolute Gasteiger partial charge is 0.0761 e. The maximum atomic E-state index is 5.89. The first-order chi connectivity index (χ1) is 7.19. The summed E-state index contributed by atoms with van der Waals surface area (Å²) in [7, 11) is 0. The fourth-order valence-electron chi connectivity index (χ4n) is 2.52. The van der Waals surface area contributed by atoms with Gasteiger partial charge in [-0.15, -0.1) is 0 Å². The van der Waals surface area contributed by atoms with Crippen LogP contribution in [0.1, 0.15) is 52.4 Å². The van der Waals surface area contributed by atoms with Crippen LogP contribution in [-0.4, -0.2) is 0 Å². The third-order valence-corrected chi connectivity index (χ3v) is 3.45. The minimum Gasteiger partial charge on any atom is -0.0761 e. The molecule has 1 aliphatic rings. The summed E-state index contributed by atoms with van der Waals surface area (Å²) in [5, 5.41) is 0. The summed E-state index contributed by atoms with van der Waals surface area (Å²) in [5.41, 5.74) is 3.15. The molecular weight excluding hydrogens is 272 g/mol. The number of rotatable bonds is 5. The van der Waals surface area contributed by atoms with Crippen molar-refractivity contribution in [3.63, 3.8) is 0 Å². The van der Waals surface area contributed by atoms with Crippen LogP contribution in [0.15, 0.2) is 21.2 Å². The molecule has 0 aromatic heterocycles. The highest BCUT2D eigenvalue weighted by atomic mass is 79.9. The molecule has 2 heteroatoms. The van der Waals surface area contributed by atoms with Gasteiger partial charge < -0.3 is 0 Å². The lowest BCUT2D eigenvalue weighted by Gasteiger charge is -2.13. The van der Waals surface area contributed by atoms with E-state index in [2.05, 4.69) is 35.9 Å². The highest BCUT2D eigenvalue weighted by molar-refractivity contribution is 9.12. The van der Waals surface area contributed by atoms with Gasteiger partial charge in [-0.25, -0.2) is 0 Å². The van der Waals surface area contributed by atoms with E-state index in [1.54, 1.807) is 5.57 Å². The second-order valence-corrected chi connectivity index (χ2v) is 5.98. The molecule has 0 aliphatic heterocycles. The van der Waals surface area contributed by atoms with Crippen LogP contribution in [0.2, 0.25) is 0 Å². The molecule has 0 heterocycles. The van der Waals surface area contributed by atoms with Crippen LogP contribution in [0.4, 0.5) is 0 Å². The minimum absolute atomic E-state index is 0.739. The molecule has 0 fully saturated rings. The molecule has 1 unspecified atom stereocenters. The largest absolute Gasteiger partial charge is 0.0836 e. The van der Waals surface area contributed by atoms with Gasteiger partial charge in [-0.3, -0.25) is 0 Å². The molecular formula is C13H20BrCl.